The van der Waals surface area contributed by atoms with Crippen LogP contribution in [-0.2, 0) is 27.4 Å². The van der Waals surface area contributed by atoms with Gasteiger partial charge in [-0.25, -0.2) is 9.59 Å². The van der Waals surface area contributed by atoms with Crippen LogP contribution in [0, 0.1) is 6.92 Å². The number of aryl methyl sites for hydroxylation is 2. The van der Waals surface area contributed by atoms with Gasteiger partial charge in [0.25, 0.3) is 0 Å². The zero-order chi connectivity index (χ0) is 21.3. The molecule has 0 bridgehead atoms. The third-order valence-corrected chi connectivity index (χ3v) is 4.94. The Balaban J connectivity index is 1.40. The summed E-state index contributed by atoms with van der Waals surface area (Å²) in [6.07, 6.45) is 1.02. The number of amides is 1. The summed E-state index contributed by atoms with van der Waals surface area (Å²) in [5.41, 5.74) is 2.26. The minimum atomic E-state index is -0.599. The van der Waals surface area contributed by atoms with Crippen LogP contribution in [0.15, 0.2) is 45.6 Å². The van der Waals surface area contributed by atoms with Crippen LogP contribution in [0.3, 0.4) is 0 Å². The molecule has 2 N–H and O–H groups in total. The van der Waals surface area contributed by atoms with E-state index in [1.165, 1.54) is 12.1 Å². The average molecular weight is 409 g/mol. The number of rotatable bonds is 5. The van der Waals surface area contributed by atoms with Crippen molar-refractivity contribution in [3.05, 3.63) is 63.5 Å². The normalized spacial score (nSPS) is 12.9. The molecule has 0 atom stereocenters. The first-order chi connectivity index (χ1) is 14.4. The predicted molar refractivity (Wildman–Crippen MR) is 108 cm³/mol. The predicted octanol–water partition coefficient (Wildman–Crippen LogP) is 2.81. The first-order valence-corrected chi connectivity index (χ1v) is 9.37. The van der Waals surface area contributed by atoms with Crippen LogP contribution in [0.1, 0.15) is 23.1 Å². The summed E-state index contributed by atoms with van der Waals surface area (Å²) in [7, 11) is 0. The second-order valence-corrected chi connectivity index (χ2v) is 6.99. The van der Waals surface area contributed by atoms with Gasteiger partial charge in [-0.3, -0.25) is 4.79 Å². The highest BCUT2D eigenvalue weighted by molar-refractivity contribution is 5.94. The van der Waals surface area contributed by atoms with E-state index in [4.69, 9.17) is 13.9 Å². The zero-order valence-electron chi connectivity index (χ0n) is 16.2. The quantitative estimate of drug-likeness (QED) is 0.492. The fourth-order valence-corrected chi connectivity index (χ4v) is 3.33. The Hall–Kier alpha value is -3.81. The number of carbonyl (C=O) groups is 2. The van der Waals surface area contributed by atoms with E-state index in [2.05, 4.69) is 5.32 Å². The minimum absolute atomic E-state index is 0.0119. The van der Waals surface area contributed by atoms with Gasteiger partial charge in [0.2, 0.25) is 5.91 Å². The molecule has 1 aliphatic heterocycles. The van der Waals surface area contributed by atoms with Gasteiger partial charge in [-0.2, -0.15) is 0 Å². The molecule has 2 aromatic carbocycles. The minimum Gasteiger partial charge on any atom is -0.508 e. The van der Waals surface area contributed by atoms with Crippen molar-refractivity contribution in [1.29, 1.82) is 0 Å². The van der Waals surface area contributed by atoms with Crippen LogP contribution in [0.4, 0.5) is 5.69 Å². The van der Waals surface area contributed by atoms with Crippen molar-refractivity contribution < 1.29 is 28.6 Å². The molecule has 3 aromatic rings. The maximum Gasteiger partial charge on any atom is 0.344 e. The molecule has 0 saturated heterocycles. The van der Waals surface area contributed by atoms with Gasteiger partial charge in [-0.1, -0.05) is 0 Å². The summed E-state index contributed by atoms with van der Waals surface area (Å²) < 4.78 is 15.9. The molecule has 0 spiro atoms. The first-order valence-electron chi connectivity index (χ1n) is 9.37. The molecule has 154 valence electrons. The zero-order valence-corrected chi connectivity index (χ0v) is 16.2. The molecule has 0 fully saturated rings. The first kappa shape index (κ1) is 19.5. The Morgan fingerprint density at radius 2 is 2.00 bits per heavy atom. The molecule has 8 nitrogen and oxygen atoms in total. The van der Waals surface area contributed by atoms with Gasteiger partial charge in [0.05, 0.1) is 0 Å². The van der Waals surface area contributed by atoms with Crippen molar-refractivity contribution in [2.75, 3.05) is 11.9 Å². The highest BCUT2D eigenvalue weighted by atomic mass is 16.6. The van der Waals surface area contributed by atoms with Crippen molar-refractivity contribution in [1.82, 2.24) is 0 Å². The lowest BCUT2D eigenvalue weighted by Crippen LogP contribution is -2.19. The van der Waals surface area contributed by atoms with E-state index < -0.39 is 11.6 Å². The van der Waals surface area contributed by atoms with Crippen molar-refractivity contribution >= 4 is 28.5 Å². The molecule has 30 heavy (non-hydrogen) atoms. The number of fused-ring (bicyclic) bond motifs is 2. The number of nitrogens with one attached hydrogen (secondary N) is 1. The largest absolute Gasteiger partial charge is 0.508 e. The van der Waals surface area contributed by atoms with Crippen LogP contribution in [0.5, 0.6) is 11.5 Å². The molecule has 1 amide bonds. The van der Waals surface area contributed by atoms with Gasteiger partial charge in [0.15, 0.2) is 6.61 Å². The van der Waals surface area contributed by atoms with E-state index in [-0.39, 0.29) is 30.5 Å². The maximum absolute atomic E-state index is 12.1. The average Bonchev–Trinajstić information content (AvgIpc) is 2.73. The number of anilines is 1. The number of phenolic OH excluding ortho intramolecular Hbond substituents is 1. The number of phenols is 1. The SMILES string of the molecule is Cc1c(O)ccc2c(COC(=O)COc3ccc4c(c3)CCC(=O)N4)cc(=O)oc12. The number of hydrogen-bond donors (Lipinski definition) is 2. The van der Waals surface area contributed by atoms with Gasteiger partial charge < -0.3 is 24.3 Å². The summed E-state index contributed by atoms with van der Waals surface area (Å²) >= 11 is 0. The highest BCUT2D eigenvalue weighted by Gasteiger charge is 2.16. The van der Waals surface area contributed by atoms with Gasteiger partial charge in [-0.05, 0) is 49.2 Å². The standard InChI is InChI=1S/C22H19NO7/c1-12-18(24)6-4-16-14(9-20(26)30-22(12)16)10-29-21(27)11-28-15-3-5-17-13(8-15)2-7-19(25)23-17/h3-6,8-9,24H,2,7,10-11H2,1H3,(H,23,25). The van der Waals surface area contributed by atoms with Crippen LogP contribution >= 0.6 is 0 Å². The van der Waals surface area contributed by atoms with E-state index >= 15 is 0 Å². The van der Waals surface area contributed by atoms with Crippen LogP contribution in [-0.4, -0.2) is 23.6 Å². The second kappa shape index (κ2) is 7.90. The molecular formula is C22H19NO7. The Kier molecular flexibility index (Phi) is 5.14. The van der Waals surface area contributed by atoms with Gasteiger partial charge in [0.1, 0.15) is 23.7 Å². The van der Waals surface area contributed by atoms with Crippen LogP contribution in [0.25, 0.3) is 11.0 Å². The molecule has 1 aliphatic rings. The molecule has 0 unspecified atom stereocenters. The van der Waals surface area contributed by atoms with E-state index in [0.717, 1.165) is 11.3 Å². The number of hydrogen-bond acceptors (Lipinski definition) is 7. The van der Waals surface area contributed by atoms with Crippen molar-refractivity contribution in [3.8, 4) is 11.5 Å². The van der Waals surface area contributed by atoms with E-state index in [9.17, 15) is 19.5 Å². The molecule has 2 heterocycles. The van der Waals surface area contributed by atoms with Crippen LogP contribution < -0.4 is 15.7 Å². The lowest BCUT2D eigenvalue weighted by Gasteiger charge is -2.17. The number of carbonyl (C=O) groups excluding carboxylic acids is 2. The smallest absolute Gasteiger partial charge is 0.344 e. The third kappa shape index (κ3) is 3.98. The molecule has 0 aliphatic carbocycles. The summed E-state index contributed by atoms with van der Waals surface area (Å²) in [6, 6.07) is 9.54. The van der Waals surface area contributed by atoms with Gasteiger partial charge >= 0.3 is 11.6 Å². The molecule has 0 radical (unpaired) electrons. The fourth-order valence-electron chi connectivity index (χ4n) is 3.33. The molecule has 8 heteroatoms. The van der Waals surface area contributed by atoms with Crippen molar-refractivity contribution in [2.45, 2.75) is 26.4 Å². The monoisotopic (exact) mass is 409 g/mol. The third-order valence-electron chi connectivity index (χ3n) is 4.94. The Morgan fingerprint density at radius 3 is 2.83 bits per heavy atom. The lowest BCUT2D eigenvalue weighted by atomic mass is 10.0. The molecule has 0 saturated carbocycles. The van der Waals surface area contributed by atoms with Crippen molar-refractivity contribution in [3.63, 3.8) is 0 Å². The number of benzene rings is 2. The molecular weight excluding hydrogens is 390 g/mol. The Bertz CT molecular complexity index is 1210. The number of ether oxygens (including phenoxy) is 2. The van der Waals surface area contributed by atoms with Crippen LogP contribution in [0.2, 0.25) is 0 Å². The topological polar surface area (TPSA) is 115 Å². The van der Waals surface area contributed by atoms with Gasteiger partial charge in [-0.15, -0.1) is 0 Å². The molecule has 1 aromatic heterocycles. The summed E-state index contributed by atoms with van der Waals surface area (Å²) in [4.78, 5) is 35.4. The second-order valence-electron chi connectivity index (χ2n) is 6.99. The summed E-state index contributed by atoms with van der Waals surface area (Å²) in [5, 5.41) is 13.2. The van der Waals surface area contributed by atoms with Gasteiger partial charge in [0, 0.05) is 34.7 Å². The van der Waals surface area contributed by atoms with E-state index in [0.29, 0.717) is 35.1 Å². The van der Waals surface area contributed by atoms with E-state index in [1.54, 1.807) is 31.2 Å². The fraction of sp³-hybridized carbons (Fsp3) is 0.227. The lowest BCUT2D eigenvalue weighted by molar-refractivity contribution is -0.147. The summed E-state index contributed by atoms with van der Waals surface area (Å²) in [6.45, 7) is 1.20. The summed E-state index contributed by atoms with van der Waals surface area (Å²) in [5.74, 6) is -0.109. The Morgan fingerprint density at radius 1 is 1.17 bits per heavy atom. The number of esters is 1. The molecule has 4 rings (SSSR count). The highest BCUT2D eigenvalue weighted by Crippen LogP contribution is 2.28. The van der Waals surface area contributed by atoms with Crippen molar-refractivity contribution in [2.24, 2.45) is 0 Å². The maximum atomic E-state index is 12.1. The Labute approximate surface area is 171 Å². The number of aromatic hydroxyl groups is 1. The van der Waals surface area contributed by atoms with E-state index in [1.807, 2.05) is 0 Å².